The number of hydrogen-bond acceptors (Lipinski definition) is 5. The van der Waals surface area contributed by atoms with E-state index in [0.717, 1.165) is 41.2 Å². The molecule has 0 bridgehead atoms. The first-order valence-electron chi connectivity index (χ1n) is 10.8. The lowest BCUT2D eigenvalue weighted by Crippen LogP contribution is -2.43. The van der Waals surface area contributed by atoms with Gasteiger partial charge in [0.2, 0.25) is 5.91 Å². The fourth-order valence-electron chi connectivity index (χ4n) is 4.10. The first-order chi connectivity index (χ1) is 14.9. The number of nitrogens with zero attached hydrogens (tertiary/aromatic N) is 2. The summed E-state index contributed by atoms with van der Waals surface area (Å²) in [5, 5.41) is 6.68. The van der Waals surface area contributed by atoms with E-state index < -0.39 is 17.5 Å². The molecule has 1 aromatic heterocycles. The van der Waals surface area contributed by atoms with Crippen LogP contribution in [0.3, 0.4) is 0 Å². The molecule has 4 rings (SSSR count). The highest BCUT2D eigenvalue weighted by atomic mass is 32.1. The number of aryl methyl sites for hydroxylation is 4. The van der Waals surface area contributed by atoms with Crippen LogP contribution in [-0.4, -0.2) is 40.8 Å². The maximum absolute atomic E-state index is 12.9. The second kappa shape index (κ2) is 8.78. The van der Waals surface area contributed by atoms with Crippen molar-refractivity contribution in [3.05, 3.63) is 51.0 Å². The molecule has 1 atom stereocenters. The standard InChI is InChI=1S/C23H28N4O3S/c1-15-9-11-16(12-10-15)23(2)21(29)27(22(30)26-23)14-19(28)24-13-5-8-20-25-17-6-3-4-7-18(17)31-20/h9-12H,3-8,13-14H2,1-2H3,(H,24,28)(H,26,30). The van der Waals surface area contributed by atoms with Gasteiger partial charge in [-0.3, -0.25) is 14.5 Å². The molecule has 1 aliphatic heterocycles. The van der Waals surface area contributed by atoms with Gasteiger partial charge in [-0.1, -0.05) is 29.8 Å². The smallest absolute Gasteiger partial charge is 0.325 e. The molecule has 164 valence electrons. The number of fused-ring (bicyclic) bond motifs is 1. The minimum absolute atomic E-state index is 0.280. The maximum atomic E-state index is 12.9. The number of carbonyl (C=O) groups excluding carboxylic acids is 3. The van der Waals surface area contributed by atoms with Crippen LogP contribution in [-0.2, 0) is 34.4 Å². The molecular formula is C23H28N4O3S. The van der Waals surface area contributed by atoms with Crippen molar-refractivity contribution in [3.8, 4) is 0 Å². The third-order valence-electron chi connectivity index (χ3n) is 5.99. The van der Waals surface area contributed by atoms with Crippen molar-refractivity contribution in [1.29, 1.82) is 0 Å². The third-order valence-corrected chi connectivity index (χ3v) is 7.20. The lowest BCUT2D eigenvalue weighted by Gasteiger charge is -2.22. The molecule has 8 heteroatoms. The number of nitrogens with one attached hydrogen (secondary N) is 2. The minimum Gasteiger partial charge on any atom is -0.355 e. The van der Waals surface area contributed by atoms with E-state index in [1.54, 1.807) is 18.3 Å². The zero-order chi connectivity index (χ0) is 22.0. The van der Waals surface area contributed by atoms with E-state index in [9.17, 15) is 14.4 Å². The van der Waals surface area contributed by atoms with E-state index in [4.69, 9.17) is 4.98 Å². The summed E-state index contributed by atoms with van der Waals surface area (Å²) in [5.74, 6) is -0.750. The molecule has 0 radical (unpaired) electrons. The highest BCUT2D eigenvalue weighted by Crippen LogP contribution is 2.29. The molecule has 1 saturated heterocycles. The Hall–Kier alpha value is -2.74. The summed E-state index contributed by atoms with van der Waals surface area (Å²) in [4.78, 5) is 44.8. The Morgan fingerprint density at radius 1 is 1.23 bits per heavy atom. The molecule has 2 N–H and O–H groups in total. The first kappa shape index (κ1) is 21.5. The summed E-state index contributed by atoms with van der Waals surface area (Å²) in [6, 6.07) is 6.90. The molecule has 1 unspecified atom stereocenters. The van der Waals surface area contributed by atoms with Crippen LogP contribution in [0.1, 0.15) is 52.9 Å². The number of thiazole rings is 1. The largest absolute Gasteiger partial charge is 0.355 e. The Morgan fingerprint density at radius 3 is 2.71 bits per heavy atom. The van der Waals surface area contributed by atoms with Crippen LogP contribution in [0.4, 0.5) is 4.79 Å². The van der Waals surface area contributed by atoms with Gasteiger partial charge in [0, 0.05) is 17.8 Å². The molecule has 1 fully saturated rings. The first-order valence-corrected chi connectivity index (χ1v) is 11.6. The Kier molecular flexibility index (Phi) is 6.09. The highest BCUT2D eigenvalue weighted by molar-refractivity contribution is 7.11. The van der Waals surface area contributed by atoms with E-state index in [0.29, 0.717) is 12.1 Å². The van der Waals surface area contributed by atoms with Crippen LogP contribution >= 0.6 is 11.3 Å². The van der Waals surface area contributed by atoms with E-state index in [1.807, 2.05) is 31.2 Å². The highest BCUT2D eigenvalue weighted by Gasteiger charge is 2.49. The third kappa shape index (κ3) is 4.49. The van der Waals surface area contributed by atoms with Crippen molar-refractivity contribution in [2.24, 2.45) is 0 Å². The molecule has 7 nitrogen and oxygen atoms in total. The molecule has 31 heavy (non-hydrogen) atoms. The zero-order valence-corrected chi connectivity index (χ0v) is 18.8. The number of rotatable bonds is 7. The topological polar surface area (TPSA) is 91.4 Å². The molecule has 2 aromatic rings. The van der Waals surface area contributed by atoms with E-state index in [-0.39, 0.29) is 12.5 Å². The van der Waals surface area contributed by atoms with Crippen LogP contribution in [0.15, 0.2) is 24.3 Å². The summed E-state index contributed by atoms with van der Waals surface area (Å²) in [6.07, 6.45) is 6.29. The molecule has 0 spiro atoms. The van der Waals surface area contributed by atoms with Gasteiger partial charge < -0.3 is 10.6 Å². The molecule has 2 heterocycles. The van der Waals surface area contributed by atoms with Crippen LogP contribution in [0, 0.1) is 6.92 Å². The van der Waals surface area contributed by atoms with Crippen molar-refractivity contribution in [2.75, 3.05) is 13.1 Å². The minimum atomic E-state index is -1.16. The van der Waals surface area contributed by atoms with Gasteiger partial charge >= 0.3 is 6.03 Å². The summed E-state index contributed by atoms with van der Waals surface area (Å²) < 4.78 is 0. The van der Waals surface area contributed by atoms with Gasteiger partial charge in [-0.25, -0.2) is 9.78 Å². The fourth-order valence-corrected chi connectivity index (χ4v) is 5.30. The Bertz CT molecular complexity index is 977. The van der Waals surface area contributed by atoms with Gasteiger partial charge in [0.05, 0.1) is 10.7 Å². The average Bonchev–Trinajstić information content (AvgIpc) is 3.26. The quantitative estimate of drug-likeness (QED) is 0.512. The van der Waals surface area contributed by atoms with E-state index in [2.05, 4.69) is 10.6 Å². The van der Waals surface area contributed by atoms with E-state index in [1.165, 1.54) is 23.4 Å². The Balaban J connectivity index is 1.27. The number of aromatic nitrogens is 1. The summed E-state index contributed by atoms with van der Waals surface area (Å²) >= 11 is 1.79. The molecule has 1 aliphatic carbocycles. The Morgan fingerprint density at radius 2 is 1.97 bits per heavy atom. The lowest BCUT2D eigenvalue weighted by atomic mass is 9.91. The molecular weight excluding hydrogens is 412 g/mol. The van der Waals surface area contributed by atoms with Crippen molar-refractivity contribution in [3.63, 3.8) is 0 Å². The number of urea groups is 1. The number of carbonyl (C=O) groups is 3. The zero-order valence-electron chi connectivity index (χ0n) is 18.0. The molecule has 4 amide bonds. The van der Waals surface area contributed by atoms with Gasteiger partial charge in [0.15, 0.2) is 0 Å². The van der Waals surface area contributed by atoms with Crippen molar-refractivity contribution in [1.82, 2.24) is 20.5 Å². The summed E-state index contributed by atoms with van der Waals surface area (Å²) in [7, 11) is 0. The van der Waals surface area contributed by atoms with Crippen LogP contribution in [0.2, 0.25) is 0 Å². The number of hydrogen-bond donors (Lipinski definition) is 2. The molecule has 0 saturated carbocycles. The molecule has 2 aliphatic rings. The lowest BCUT2D eigenvalue weighted by molar-refractivity contribution is -0.134. The van der Waals surface area contributed by atoms with Crippen LogP contribution in [0.5, 0.6) is 0 Å². The summed E-state index contributed by atoms with van der Waals surface area (Å²) in [5.41, 5.74) is 1.86. The summed E-state index contributed by atoms with van der Waals surface area (Å²) in [6.45, 7) is 3.84. The van der Waals surface area contributed by atoms with Crippen LogP contribution in [0.25, 0.3) is 0 Å². The number of imide groups is 1. The maximum Gasteiger partial charge on any atom is 0.325 e. The monoisotopic (exact) mass is 440 g/mol. The predicted octanol–water partition coefficient (Wildman–Crippen LogP) is 2.85. The van der Waals surface area contributed by atoms with Crippen molar-refractivity contribution in [2.45, 2.75) is 57.9 Å². The fraction of sp³-hybridized carbons (Fsp3) is 0.478. The Labute approximate surface area is 186 Å². The van der Waals surface area contributed by atoms with Crippen LogP contribution < -0.4 is 10.6 Å². The second-order valence-corrected chi connectivity index (χ2v) is 9.62. The van der Waals surface area contributed by atoms with Gasteiger partial charge in [-0.05, 0) is 51.5 Å². The normalized spacial score (nSPS) is 20.5. The second-order valence-electron chi connectivity index (χ2n) is 8.45. The number of benzene rings is 1. The predicted molar refractivity (Wildman–Crippen MR) is 119 cm³/mol. The van der Waals surface area contributed by atoms with Gasteiger partial charge in [0.1, 0.15) is 12.1 Å². The van der Waals surface area contributed by atoms with E-state index >= 15 is 0 Å². The van der Waals surface area contributed by atoms with Gasteiger partial charge in [0.25, 0.3) is 5.91 Å². The van der Waals surface area contributed by atoms with Crippen molar-refractivity contribution < 1.29 is 14.4 Å². The number of amides is 4. The average molecular weight is 441 g/mol. The molecule has 1 aromatic carbocycles. The van der Waals surface area contributed by atoms with Gasteiger partial charge in [-0.2, -0.15) is 0 Å². The SMILES string of the molecule is Cc1ccc(C2(C)NC(=O)N(CC(=O)NCCCc3nc4c(s3)CCCC4)C2=O)cc1. The van der Waals surface area contributed by atoms with Crippen molar-refractivity contribution >= 4 is 29.2 Å². The van der Waals surface area contributed by atoms with Gasteiger partial charge in [-0.15, -0.1) is 11.3 Å².